The predicted octanol–water partition coefficient (Wildman–Crippen LogP) is 6.36. The Labute approximate surface area is 217 Å². The number of carbonyl (C=O) groups is 2. The van der Waals surface area contributed by atoms with Crippen molar-refractivity contribution in [2.75, 3.05) is 0 Å². The lowest BCUT2D eigenvalue weighted by atomic mass is 10.0. The summed E-state index contributed by atoms with van der Waals surface area (Å²) in [6, 6.07) is 35.8. The summed E-state index contributed by atoms with van der Waals surface area (Å²) in [6.45, 7) is 0.604. The Kier molecular flexibility index (Phi) is 8.90. The highest BCUT2D eigenvalue weighted by molar-refractivity contribution is 6.31. The first kappa shape index (κ1) is 25.2. The van der Waals surface area contributed by atoms with Crippen LogP contribution in [0, 0.1) is 0 Å². The topological polar surface area (TPSA) is 49.4 Å². The van der Waals surface area contributed by atoms with Crippen molar-refractivity contribution < 1.29 is 9.59 Å². The number of halogens is 1. The zero-order valence-electron chi connectivity index (χ0n) is 20.0. The smallest absolute Gasteiger partial charge is 0.247 e. The SMILES string of the molecule is O=C(NCc1ccccc1Cl)[C@@H](c1ccccc1)N(Cc1ccccc1)C(=O)CCc1ccccc1. The fraction of sp³-hybridized carbons (Fsp3) is 0.161. The number of nitrogens with zero attached hydrogens (tertiary/aromatic N) is 1. The van der Waals surface area contributed by atoms with Crippen LogP contribution in [0.15, 0.2) is 115 Å². The predicted molar refractivity (Wildman–Crippen MR) is 144 cm³/mol. The average Bonchev–Trinajstić information content (AvgIpc) is 2.92. The monoisotopic (exact) mass is 496 g/mol. The number of nitrogens with one attached hydrogen (secondary N) is 1. The van der Waals surface area contributed by atoms with Gasteiger partial charge in [-0.05, 0) is 34.7 Å². The van der Waals surface area contributed by atoms with Gasteiger partial charge in [0.25, 0.3) is 0 Å². The van der Waals surface area contributed by atoms with Crippen molar-refractivity contribution in [2.24, 2.45) is 0 Å². The number of hydrogen-bond donors (Lipinski definition) is 1. The number of amides is 2. The van der Waals surface area contributed by atoms with E-state index in [2.05, 4.69) is 5.32 Å². The quantitative estimate of drug-likeness (QED) is 0.278. The lowest BCUT2D eigenvalue weighted by Gasteiger charge is -2.32. The van der Waals surface area contributed by atoms with Crippen molar-refractivity contribution in [1.82, 2.24) is 10.2 Å². The summed E-state index contributed by atoms with van der Waals surface area (Å²) < 4.78 is 0. The van der Waals surface area contributed by atoms with Crippen molar-refractivity contribution in [3.63, 3.8) is 0 Å². The van der Waals surface area contributed by atoms with E-state index in [4.69, 9.17) is 11.6 Å². The van der Waals surface area contributed by atoms with Crippen molar-refractivity contribution >= 4 is 23.4 Å². The number of rotatable bonds is 10. The minimum absolute atomic E-state index is 0.0792. The van der Waals surface area contributed by atoms with E-state index in [0.29, 0.717) is 24.4 Å². The molecule has 0 bridgehead atoms. The second-order valence-electron chi connectivity index (χ2n) is 8.62. The van der Waals surface area contributed by atoms with E-state index in [0.717, 1.165) is 22.3 Å². The third-order valence-corrected chi connectivity index (χ3v) is 6.44. The molecule has 2 amide bonds. The normalized spacial score (nSPS) is 11.5. The zero-order valence-corrected chi connectivity index (χ0v) is 20.8. The summed E-state index contributed by atoms with van der Waals surface area (Å²) in [4.78, 5) is 29.1. The molecule has 0 saturated heterocycles. The standard InChI is InChI=1S/C31H29ClN2O2/c32-28-19-11-10-18-27(28)22-33-31(36)30(26-16-8-3-9-17-26)34(23-25-14-6-2-7-15-25)29(35)21-20-24-12-4-1-5-13-24/h1-19,30H,20-23H2,(H,33,36)/t30-/m1/s1. The Morgan fingerprint density at radius 2 is 1.28 bits per heavy atom. The average molecular weight is 497 g/mol. The highest BCUT2D eigenvalue weighted by Crippen LogP contribution is 2.26. The van der Waals surface area contributed by atoms with Crippen LogP contribution in [0.4, 0.5) is 0 Å². The van der Waals surface area contributed by atoms with E-state index < -0.39 is 6.04 Å². The fourth-order valence-corrected chi connectivity index (χ4v) is 4.37. The summed E-state index contributed by atoms with van der Waals surface area (Å²) >= 11 is 6.31. The lowest BCUT2D eigenvalue weighted by molar-refractivity contribution is -0.141. The number of benzene rings is 4. The molecule has 5 heteroatoms. The second kappa shape index (κ2) is 12.7. The molecule has 0 aromatic heterocycles. The van der Waals surface area contributed by atoms with E-state index in [1.165, 1.54) is 0 Å². The molecule has 0 fully saturated rings. The summed E-state index contributed by atoms with van der Waals surface area (Å²) in [5.74, 6) is -0.324. The van der Waals surface area contributed by atoms with Gasteiger partial charge in [0.15, 0.2) is 0 Å². The molecule has 0 unspecified atom stereocenters. The fourth-order valence-electron chi connectivity index (χ4n) is 4.17. The number of aryl methyl sites for hydroxylation is 1. The van der Waals surface area contributed by atoms with Crippen molar-refractivity contribution in [2.45, 2.75) is 32.0 Å². The second-order valence-corrected chi connectivity index (χ2v) is 9.02. The van der Waals surface area contributed by atoms with E-state index in [-0.39, 0.29) is 18.4 Å². The van der Waals surface area contributed by atoms with Gasteiger partial charge >= 0.3 is 0 Å². The molecule has 0 spiro atoms. The van der Waals surface area contributed by atoms with Crippen molar-refractivity contribution in [3.8, 4) is 0 Å². The largest absolute Gasteiger partial charge is 0.350 e. The molecule has 182 valence electrons. The molecule has 4 aromatic carbocycles. The van der Waals surface area contributed by atoms with Gasteiger partial charge in [0.2, 0.25) is 11.8 Å². The maximum absolute atomic E-state index is 13.7. The maximum Gasteiger partial charge on any atom is 0.247 e. The van der Waals surface area contributed by atoms with Gasteiger partial charge in [-0.15, -0.1) is 0 Å². The molecule has 0 radical (unpaired) electrons. The van der Waals surface area contributed by atoms with Crippen molar-refractivity contribution in [1.29, 1.82) is 0 Å². The molecule has 36 heavy (non-hydrogen) atoms. The van der Waals surface area contributed by atoms with Crippen LogP contribution in [0.1, 0.15) is 34.7 Å². The Morgan fingerprint density at radius 3 is 1.92 bits per heavy atom. The van der Waals surface area contributed by atoms with Gasteiger partial charge in [0, 0.05) is 24.5 Å². The molecule has 0 aliphatic carbocycles. The highest BCUT2D eigenvalue weighted by atomic mass is 35.5. The van der Waals surface area contributed by atoms with Crippen LogP contribution < -0.4 is 5.32 Å². The van der Waals surface area contributed by atoms with Crippen LogP contribution in [-0.4, -0.2) is 16.7 Å². The van der Waals surface area contributed by atoms with Crippen LogP contribution in [-0.2, 0) is 29.1 Å². The van der Waals surface area contributed by atoms with Gasteiger partial charge < -0.3 is 10.2 Å². The van der Waals surface area contributed by atoms with Gasteiger partial charge in [-0.2, -0.15) is 0 Å². The molecular weight excluding hydrogens is 468 g/mol. The summed E-state index contributed by atoms with van der Waals surface area (Å²) in [5.41, 5.74) is 3.64. The van der Waals surface area contributed by atoms with Gasteiger partial charge in [-0.1, -0.05) is 121 Å². The Hall–Kier alpha value is -3.89. The molecule has 0 heterocycles. The molecule has 4 aromatic rings. The van der Waals surface area contributed by atoms with Gasteiger partial charge in [-0.3, -0.25) is 9.59 Å². The lowest BCUT2D eigenvalue weighted by Crippen LogP contribution is -2.43. The van der Waals surface area contributed by atoms with Gasteiger partial charge in [-0.25, -0.2) is 0 Å². The van der Waals surface area contributed by atoms with Crippen LogP contribution in [0.5, 0.6) is 0 Å². The Balaban J connectivity index is 1.62. The summed E-state index contributed by atoms with van der Waals surface area (Å²) in [6.07, 6.45) is 0.908. The minimum Gasteiger partial charge on any atom is -0.350 e. The van der Waals surface area contributed by atoms with Crippen LogP contribution in [0.3, 0.4) is 0 Å². The first-order valence-electron chi connectivity index (χ1n) is 12.0. The van der Waals surface area contributed by atoms with E-state index in [1.54, 1.807) is 11.0 Å². The van der Waals surface area contributed by atoms with Gasteiger partial charge in [0.1, 0.15) is 6.04 Å². The zero-order chi connectivity index (χ0) is 25.2. The van der Waals surface area contributed by atoms with Gasteiger partial charge in [0.05, 0.1) is 0 Å². The highest BCUT2D eigenvalue weighted by Gasteiger charge is 2.31. The first-order valence-corrected chi connectivity index (χ1v) is 12.4. The number of hydrogen-bond acceptors (Lipinski definition) is 2. The first-order chi connectivity index (χ1) is 17.6. The molecule has 0 saturated carbocycles. The maximum atomic E-state index is 13.7. The summed E-state index contributed by atoms with van der Waals surface area (Å²) in [5, 5.41) is 3.61. The number of carbonyl (C=O) groups excluding carboxylic acids is 2. The molecule has 1 atom stereocenters. The van der Waals surface area contributed by atoms with E-state index in [1.807, 2.05) is 109 Å². The van der Waals surface area contributed by atoms with Crippen LogP contribution in [0.25, 0.3) is 0 Å². The van der Waals surface area contributed by atoms with E-state index >= 15 is 0 Å². The van der Waals surface area contributed by atoms with Crippen molar-refractivity contribution in [3.05, 3.63) is 143 Å². The molecule has 4 nitrogen and oxygen atoms in total. The minimum atomic E-state index is -0.780. The molecule has 0 aliphatic rings. The molecule has 1 N–H and O–H groups in total. The van der Waals surface area contributed by atoms with E-state index in [9.17, 15) is 9.59 Å². The molecular formula is C31H29ClN2O2. The Bertz CT molecular complexity index is 1260. The third kappa shape index (κ3) is 6.83. The third-order valence-electron chi connectivity index (χ3n) is 6.07. The Morgan fingerprint density at radius 1 is 0.722 bits per heavy atom. The molecule has 4 rings (SSSR count). The van der Waals surface area contributed by atoms with Crippen LogP contribution >= 0.6 is 11.6 Å². The molecule has 0 aliphatic heterocycles. The summed E-state index contributed by atoms with van der Waals surface area (Å²) in [7, 11) is 0. The van der Waals surface area contributed by atoms with Crippen LogP contribution in [0.2, 0.25) is 5.02 Å².